The molecule has 2 N–H and O–H groups in total. The van der Waals surface area contributed by atoms with Crippen LogP contribution in [0.5, 0.6) is 0 Å². The van der Waals surface area contributed by atoms with Crippen LogP contribution in [0, 0.1) is 11.3 Å². The molecule has 5 nitrogen and oxygen atoms in total. The normalized spacial score (nSPS) is 30.2. The number of aromatic nitrogens is 2. The highest BCUT2D eigenvalue weighted by atomic mass is 16.4. The molecular formula is C19H23N3O2. The van der Waals surface area contributed by atoms with Crippen molar-refractivity contribution < 1.29 is 9.90 Å². The van der Waals surface area contributed by atoms with Crippen LogP contribution in [0.25, 0.3) is 0 Å². The second kappa shape index (κ2) is 6.06. The molecule has 1 aromatic heterocycles. The third-order valence-corrected chi connectivity index (χ3v) is 5.90. The number of H-pyrrole nitrogens is 1. The van der Waals surface area contributed by atoms with Crippen molar-refractivity contribution in [3.8, 4) is 0 Å². The third kappa shape index (κ3) is 2.63. The lowest BCUT2D eigenvalue weighted by Crippen LogP contribution is -2.42. The molecule has 2 heterocycles. The van der Waals surface area contributed by atoms with Crippen LogP contribution in [-0.4, -0.2) is 39.0 Å². The number of benzene rings is 1. The van der Waals surface area contributed by atoms with Crippen LogP contribution in [0.1, 0.15) is 36.6 Å². The summed E-state index contributed by atoms with van der Waals surface area (Å²) in [4.78, 5) is 21.8. The van der Waals surface area contributed by atoms with E-state index in [1.165, 1.54) is 5.56 Å². The second-order valence-corrected chi connectivity index (χ2v) is 7.25. The van der Waals surface area contributed by atoms with E-state index >= 15 is 0 Å². The van der Waals surface area contributed by atoms with Crippen LogP contribution >= 0.6 is 0 Å². The standard InChI is InChI=1S/C19H23N3O2/c23-18(24)19-7-6-15(14-4-2-1-3-5-14)10-16(19)11-22(13-19)12-17-20-8-9-21-17/h1-5,8-9,15-16H,6-7,10-13H2,(H,20,21)(H,23,24)/t15?,16-,19-/m0/s1. The van der Waals surface area contributed by atoms with Gasteiger partial charge in [-0.25, -0.2) is 4.98 Å². The highest BCUT2D eigenvalue weighted by Gasteiger charge is 2.54. The number of aliphatic carboxylic acids is 1. The number of hydrogen-bond donors (Lipinski definition) is 2. The van der Waals surface area contributed by atoms with E-state index in [1.807, 2.05) is 12.3 Å². The molecule has 1 saturated carbocycles. The largest absolute Gasteiger partial charge is 0.481 e. The van der Waals surface area contributed by atoms with Crippen LogP contribution in [0.2, 0.25) is 0 Å². The summed E-state index contributed by atoms with van der Waals surface area (Å²) >= 11 is 0. The number of carboxylic acid groups (broad SMARTS) is 1. The van der Waals surface area contributed by atoms with Crippen molar-refractivity contribution in [2.24, 2.45) is 11.3 Å². The Hall–Kier alpha value is -2.14. The van der Waals surface area contributed by atoms with Gasteiger partial charge in [0.15, 0.2) is 0 Å². The summed E-state index contributed by atoms with van der Waals surface area (Å²) in [5, 5.41) is 9.95. The van der Waals surface area contributed by atoms with Gasteiger partial charge >= 0.3 is 5.97 Å². The molecule has 1 aliphatic carbocycles. The van der Waals surface area contributed by atoms with Crippen LogP contribution < -0.4 is 0 Å². The molecule has 3 atom stereocenters. The number of nitrogens with zero attached hydrogens (tertiary/aromatic N) is 2. The van der Waals surface area contributed by atoms with Gasteiger partial charge < -0.3 is 10.1 Å². The predicted octanol–water partition coefficient (Wildman–Crippen LogP) is 2.88. The van der Waals surface area contributed by atoms with Gasteiger partial charge in [0.1, 0.15) is 5.82 Å². The molecule has 1 unspecified atom stereocenters. The van der Waals surface area contributed by atoms with E-state index in [0.29, 0.717) is 19.0 Å². The van der Waals surface area contributed by atoms with E-state index in [-0.39, 0.29) is 5.92 Å². The topological polar surface area (TPSA) is 69.2 Å². The van der Waals surface area contributed by atoms with Crippen molar-refractivity contribution in [3.05, 3.63) is 54.1 Å². The molecule has 2 aromatic rings. The van der Waals surface area contributed by atoms with Crippen molar-refractivity contribution in [2.45, 2.75) is 31.7 Å². The van der Waals surface area contributed by atoms with Crippen molar-refractivity contribution in [1.82, 2.24) is 14.9 Å². The number of hydrogen-bond acceptors (Lipinski definition) is 3. The Morgan fingerprint density at radius 3 is 2.92 bits per heavy atom. The molecule has 0 amide bonds. The average Bonchev–Trinajstić information content (AvgIpc) is 3.22. The third-order valence-electron chi connectivity index (χ3n) is 5.90. The van der Waals surface area contributed by atoms with Gasteiger partial charge in [-0.2, -0.15) is 0 Å². The number of carboxylic acids is 1. The SMILES string of the molecule is O=C(O)[C@]12CCC(c3ccccc3)C[C@H]1CN(Cc1ncc[nH]1)C2. The van der Waals surface area contributed by atoms with Crippen LogP contribution in [0.4, 0.5) is 0 Å². The zero-order valence-corrected chi connectivity index (χ0v) is 13.7. The fraction of sp³-hybridized carbons (Fsp3) is 0.474. The van der Waals surface area contributed by atoms with E-state index in [9.17, 15) is 9.90 Å². The van der Waals surface area contributed by atoms with Crippen LogP contribution in [-0.2, 0) is 11.3 Å². The maximum absolute atomic E-state index is 12.1. The minimum absolute atomic E-state index is 0.212. The average molecular weight is 325 g/mol. The van der Waals surface area contributed by atoms with Gasteiger partial charge in [0.05, 0.1) is 12.0 Å². The van der Waals surface area contributed by atoms with Gasteiger partial charge in [-0.05, 0) is 36.7 Å². The van der Waals surface area contributed by atoms with E-state index in [2.05, 4.69) is 39.1 Å². The molecule has 1 aliphatic heterocycles. The molecule has 1 aromatic carbocycles. The van der Waals surface area contributed by atoms with Gasteiger partial charge in [0.25, 0.3) is 0 Å². The van der Waals surface area contributed by atoms with E-state index in [1.54, 1.807) is 6.20 Å². The number of imidazole rings is 1. The summed E-state index contributed by atoms with van der Waals surface area (Å²) in [6, 6.07) is 10.5. The molecule has 126 valence electrons. The molecule has 2 aliphatic rings. The van der Waals surface area contributed by atoms with Crippen LogP contribution in [0.15, 0.2) is 42.7 Å². The molecule has 1 saturated heterocycles. The molecule has 4 rings (SSSR count). The van der Waals surface area contributed by atoms with Gasteiger partial charge in [0.2, 0.25) is 0 Å². The molecule has 5 heteroatoms. The first-order valence-electron chi connectivity index (χ1n) is 8.66. The molecule has 0 radical (unpaired) electrons. The van der Waals surface area contributed by atoms with Crippen molar-refractivity contribution in [3.63, 3.8) is 0 Å². The van der Waals surface area contributed by atoms with E-state index < -0.39 is 11.4 Å². The lowest BCUT2D eigenvalue weighted by atomic mass is 9.64. The summed E-state index contributed by atoms with van der Waals surface area (Å²) < 4.78 is 0. The van der Waals surface area contributed by atoms with Gasteiger partial charge in [-0.15, -0.1) is 0 Å². The monoisotopic (exact) mass is 325 g/mol. The Kier molecular flexibility index (Phi) is 3.88. The lowest BCUT2D eigenvalue weighted by Gasteiger charge is -2.38. The lowest BCUT2D eigenvalue weighted by molar-refractivity contribution is -0.152. The Morgan fingerprint density at radius 2 is 2.21 bits per heavy atom. The van der Waals surface area contributed by atoms with E-state index in [4.69, 9.17) is 0 Å². The Balaban J connectivity index is 1.53. The first kappa shape index (κ1) is 15.4. The molecule has 0 spiro atoms. The second-order valence-electron chi connectivity index (χ2n) is 7.25. The quantitative estimate of drug-likeness (QED) is 0.907. The number of carbonyl (C=O) groups is 1. The zero-order valence-electron chi connectivity index (χ0n) is 13.7. The minimum Gasteiger partial charge on any atom is -0.481 e. The van der Waals surface area contributed by atoms with Gasteiger partial charge in [-0.1, -0.05) is 30.3 Å². The van der Waals surface area contributed by atoms with Gasteiger partial charge in [0, 0.05) is 25.5 Å². The summed E-state index contributed by atoms with van der Waals surface area (Å²) in [5.74, 6) is 0.978. The first-order valence-corrected chi connectivity index (χ1v) is 8.66. The number of likely N-dealkylation sites (tertiary alicyclic amines) is 1. The Morgan fingerprint density at radius 1 is 1.38 bits per heavy atom. The summed E-state index contributed by atoms with van der Waals surface area (Å²) in [7, 11) is 0. The van der Waals surface area contributed by atoms with Crippen molar-refractivity contribution in [1.29, 1.82) is 0 Å². The van der Waals surface area contributed by atoms with Crippen LogP contribution in [0.3, 0.4) is 0 Å². The predicted molar refractivity (Wildman–Crippen MR) is 90.5 cm³/mol. The minimum atomic E-state index is -0.624. The Bertz CT molecular complexity index is 701. The maximum Gasteiger partial charge on any atom is 0.311 e. The Labute approximate surface area is 141 Å². The molecular weight excluding hydrogens is 302 g/mol. The fourth-order valence-corrected chi connectivity index (χ4v) is 4.65. The van der Waals surface area contributed by atoms with Crippen molar-refractivity contribution >= 4 is 5.97 Å². The fourth-order valence-electron chi connectivity index (χ4n) is 4.65. The summed E-state index contributed by atoms with van der Waals surface area (Å²) in [5.41, 5.74) is 0.763. The van der Waals surface area contributed by atoms with E-state index in [0.717, 1.165) is 31.6 Å². The zero-order chi connectivity index (χ0) is 16.6. The number of fused-ring (bicyclic) bond motifs is 1. The number of aromatic amines is 1. The van der Waals surface area contributed by atoms with Crippen molar-refractivity contribution in [2.75, 3.05) is 13.1 Å². The highest BCUT2D eigenvalue weighted by Crippen LogP contribution is 2.51. The highest BCUT2D eigenvalue weighted by molar-refractivity contribution is 5.76. The molecule has 0 bridgehead atoms. The molecule has 24 heavy (non-hydrogen) atoms. The smallest absolute Gasteiger partial charge is 0.311 e. The number of rotatable bonds is 4. The maximum atomic E-state index is 12.1. The summed E-state index contributed by atoms with van der Waals surface area (Å²) in [6.45, 7) is 2.18. The first-order chi connectivity index (χ1) is 11.7. The summed E-state index contributed by atoms with van der Waals surface area (Å²) in [6.07, 6.45) is 6.25. The number of nitrogens with one attached hydrogen (secondary N) is 1. The van der Waals surface area contributed by atoms with Gasteiger partial charge in [-0.3, -0.25) is 9.69 Å². The molecule has 2 fully saturated rings.